The Labute approximate surface area is 87.8 Å². The van der Waals surface area contributed by atoms with Crippen molar-refractivity contribution in [2.45, 2.75) is 13.8 Å². The molecule has 4 nitrogen and oxygen atoms in total. The fraction of sp³-hybridized carbons (Fsp3) is 0.333. The fourth-order valence-corrected chi connectivity index (χ4v) is 1.43. The number of anilines is 1. The fourth-order valence-electron chi connectivity index (χ4n) is 1.16. The Kier molecular flexibility index (Phi) is 3.24. The largest absolute Gasteiger partial charge is 0.385 e. The number of nitrogens with two attached hydrogens (primary N) is 1. The van der Waals surface area contributed by atoms with Crippen molar-refractivity contribution >= 4 is 29.1 Å². The molecule has 0 aliphatic rings. The lowest BCUT2D eigenvalue weighted by Gasteiger charge is -1.96. The van der Waals surface area contributed by atoms with Gasteiger partial charge in [-0.25, -0.2) is 4.98 Å². The molecule has 0 aliphatic carbocycles. The minimum Gasteiger partial charge on any atom is -0.385 e. The number of nitrogens with zero attached hydrogens (tertiary/aromatic N) is 2. The van der Waals surface area contributed by atoms with Gasteiger partial charge in [-0.1, -0.05) is 26.1 Å². The van der Waals surface area contributed by atoms with Gasteiger partial charge in [0, 0.05) is 13.1 Å². The van der Waals surface area contributed by atoms with E-state index in [0.29, 0.717) is 10.5 Å². The van der Waals surface area contributed by atoms with E-state index in [2.05, 4.69) is 9.97 Å². The summed E-state index contributed by atoms with van der Waals surface area (Å²) in [6, 6.07) is 1.82. The van der Waals surface area contributed by atoms with Gasteiger partial charge in [0.2, 0.25) is 0 Å². The van der Waals surface area contributed by atoms with Crippen LogP contribution in [0.5, 0.6) is 0 Å². The molecule has 0 saturated carbocycles. The minimum atomic E-state index is 0.566. The van der Waals surface area contributed by atoms with Gasteiger partial charge in [-0.3, -0.25) is 0 Å². The molecular formula is C9H14N4S. The molecule has 0 saturated heterocycles. The minimum absolute atomic E-state index is 0.566. The van der Waals surface area contributed by atoms with Gasteiger partial charge in [0.15, 0.2) is 0 Å². The second kappa shape index (κ2) is 4.23. The SMILES string of the molecule is CC.Cn1cnc2c(=S)[nH]c(N)cc21. The molecular weight excluding hydrogens is 196 g/mol. The van der Waals surface area contributed by atoms with Crippen LogP contribution >= 0.6 is 12.2 Å². The molecule has 0 amide bonds. The molecule has 14 heavy (non-hydrogen) atoms. The van der Waals surface area contributed by atoms with E-state index in [1.807, 2.05) is 31.5 Å². The van der Waals surface area contributed by atoms with E-state index in [1.165, 1.54) is 0 Å². The summed E-state index contributed by atoms with van der Waals surface area (Å²) in [6.07, 6.45) is 1.72. The topological polar surface area (TPSA) is 59.6 Å². The van der Waals surface area contributed by atoms with Gasteiger partial charge in [-0.15, -0.1) is 0 Å². The van der Waals surface area contributed by atoms with Crippen LogP contribution in [0.2, 0.25) is 0 Å². The third-order valence-electron chi connectivity index (χ3n) is 1.75. The Morgan fingerprint density at radius 2 is 2.14 bits per heavy atom. The molecule has 0 unspecified atom stereocenters. The first-order chi connectivity index (χ1) is 6.68. The standard InChI is InChI=1S/C7H8N4S.C2H6/c1-11-3-9-6-4(11)2-5(8)10-7(6)12;1-2/h2-3H,1H3,(H3,8,10,12);1-2H3. The second-order valence-corrected chi connectivity index (χ2v) is 3.05. The number of rotatable bonds is 0. The van der Waals surface area contributed by atoms with Crippen LogP contribution in [0.3, 0.4) is 0 Å². The van der Waals surface area contributed by atoms with Crippen LogP contribution in [0.1, 0.15) is 13.8 Å². The number of H-pyrrole nitrogens is 1. The van der Waals surface area contributed by atoms with Crippen molar-refractivity contribution in [2.75, 3.05) is 5.73 Å². The first-order valence-corrected chi connectivity index (χ1v) is 4.89. The highest BCUT2D eigenvalue weighted by Crippen LogP contribution is 2.13. The number of hydrogen-bond acceptors (Lipinski definition) is 3. The molecule has 76 valence electrons. The summed E-state index contributed by atoms with van der Waals surface area (Å²) in [5.41, 5.74) is 7.34. The summed E-state index contributed by atoms with van der Waals surface area (Å²) in [4.78, 5) is 6.97. The first-order valence-electron chi connectivity index (χ1n) is 4.48. The zero-order chi connectivity index (χ0) is 10.7. The number of imidazole rings is 1. The molecule has 2 heterocycles. The molecule has 3 N–H and O–H groups in total. The second-order valence-electron chi connectivity index (χ2n) is 2.64. The number of aromatic nitrogens is 3. The average molecular weight is 210 g/mol. The summed E-state index contributed by atoms with van der Waals surface area (Å²) in [5, 5.41) is 0. The van der Waals surface area contributed by atoms with Gasteiger partial charge < -0.3 is 15.3 Å². The highest BCUT2D eigenvalue weighted by Gasteiger charge is 2.01. The number of fused-ring (bicyclic) bond motifs is 1. The van der Waals surface area contributed by atoms with Crippen molar-refractivity contribution in [2.24, 2.45) is 7.05 Å². The smallest absolute Gasteiger partial charge is 0.133 e. The quantitative estimate of drug-likeness (QED) is 0.656. The van der Waals surface area contributed by atoms with E-state index >= 15 is 0 Å². The van der Waals surface area contributed by atoms with Gasteiger partial charge in [0.25, 0.3) is 0 Å². The Bertz CT molecular complexity index is 483. The third kappa shape index (κ3) is 1.77. The predicted octanol–water partition coefficient (Wildman–Crippen LogP) is 2.24. The molecule has 2 aromatic rings. The lowest BCUT2D eigenvalue weighted by molar-refractivity contribution is 0.947. The van der Waals surface area contributed by atoms with Gasteiger partial charge in [-0.2, -0.15) is 0 Å². The van der Waals surface area contributed by atoms with E-state index in [4.69, 9.17) is 18.0 Å². The zero-order valence-electron chi connectivity index (χ0n) is 8.53. The molecule has 2 rings (SSSR count). The summed E-state index contributed by atoms with van der Waals surface area (Å²) in [5.74, 6) is 0.566. The maximum absolute atomic E-state index is 5.59. The Morgan fingerprint density at radius 1 is 1.50 bits per heavy atom. The number of hydrogen-bond donors (Lipinski definition) is 2. The predicted molar refractivity (Wildman–Crippen MR) is 61.7 cm³/mol. The first kappa shape index (κ1) is 10.7. The van der Waals surface area contributed by atoms with Crippen molar-refractivity contribution in [3.63, 3.8) is 0 Å². The summed E-state index contributed by atoms with van der Waals surface area (Å²) >= 11 is 5.04. The maximum Gasteiger partial charge on any atom is 0.133 e. The van der Waals surface area contributed by atoms with Crippen molar-refractivity contribution in [3.8, 4) is 0 Å². The van der Waals surface area contributed by atoms with E-state index in [-0.39, 0.29) is 0 Å². The highest BCUT2D eigenvalue weighted by molar-refractivity contribution is 7.71. The van der Waals surface area contributed by atoms with Crippen molar-refractivity contribution < 1.29 is 0 Å². The van der Waals surface area contributed by atoms with Crippen LogP contribution in [0.25, 0.3) is 11.0 Å². The normalized spacial score (nSPS) is 9.64. The molecule has 5 heteroatoms. The van der Waals surface area contributed by atoms with Crippen LogP contribution < -0.4 is 5.73 Å². The van der Waals surface area contributed by atoms with Crippen molar-refractivity contribution in [1.29, 1.82) is 0 Å². The summed E-state index contributed by atoms with van der Waals surface area (Å²) in [7, 11) is 1.91. The maximum atomic E-state index is 5.59. The Morgan fingerprint density at radius 3 is 2.79 bits per heavy atom. The number of pyridine rings is 1. The Hall–Kier alpha value is -1.36. The summed E-state index contributed by atoms with van der Waals surface area (Å²) in [6.45, 7) is 4.00. The van der Waals surface area contributed by atoms with Crippen LogP contribution in [-0.4, -0.2) is 14.5 Å². The monoisotopic (exact) mass is 210 g/mol. The number of aromatic amines is 1. The molecule has 2 aromatic heterocycles. The lowest BCUT2D eigenvalue weighted by Crippen LogP contribution is -1.92. The lowest BCUT2D eigenvalue weighted by atomic mass is 10.4. The Balaban J connectivity index is 0.000000461. The number of aryl methyl sites for hydroxylation is 1. The average Bonchev–Trinajstić information content (AvgIpc) is 2.52. The van der Waals surface area contributed by atoms with E-state index in [1.54, 1.807) is 6.33 Å². The van der Waals surface area contributed by atoms with Gasteiger partial charge in [0.1, 0.15) is 16.0 Å². The third-order valence-corrected chi connectivity index (χ3v) is 2.04. The molecule has 0 atom stereocenters. The zero-order valence-corrected chi connectivity index (χ0v) is 9.35. The van der Waals surface area contributed by atoms with Gasteiger partial charge in [-0.05, 0) is 0 Å². The van der Waals surface area contributed by atoms with Crippen LogP contribution in [0.15, 0.2) is 12.4 Å². The van der Waals surface area contributed by atoms with Crippen LogP contribution in [0.4, 0.5) is 5.82 Å². The van der Waals surface area contributed by atoms with Crippen LogP contribution in [-0.2, 0) is 7.05 Å². The van der Waals surface area contributed by atoms with Gasteiger partial charge in [0.05, 0.1) is 11.8 Å². The molecule has 0 aliphatic heterocycles. The summed E-state index contributed by atoms with van der Waals surface area (Å²) < 4.78 is 2.47. The van der Waals surface area contributed by atoms with Crippen molar-refractivity contribution in [1.82, 2.24) is 14.5 Å². The molecule has 0 radical (unpaired) electrons. The van der Waals surface area contributed by atoms with E-state index < -0.39 is 0 Å². The molecule has 0 aromatic carbocycles. The van der Waals surface area contributed by atoms with Gasteiger partial charge >= 0.3 is 0 Å². The number of nitrogen functional groups attached to an aromatic ring is 1. The molecule has 0 bridgehead atoms. The molecule has 0 spiro atoms. The van der Waals surface area contributed by atoms with Crippen LogP contribution in [0, 0.1) is 4.64 Å². The highest BCUT2D eigenvalue weighted by atomic mass is 32.1. The van der Waals surface area contributed by atoms with Crippen molar-refractivity contribution in [3.05, 3.63) is 17.0 Å². The molecule has 0 fully saturated rings. The van der Waals surface area contributed by atoms with E-state index in [0.717, 1.165) is 11.0 Å². The van der Waals surface area contributed by atoms with E-state index in [9.17, 15) is 0 Å². The number of nitrogens with one attached hydrogen (secondary N) is 1.